The number of rotatable bonds is 11. The smallest absolute Gasteiger partial charge is 0.323 e. The average molecular weight is 387 g/mol. The van der Waals surface area contributed by atoms with Gasteiger partial charge in [0.25, 0.3) is 0 Å². The minimum Gasteiger partial charge on any atom is -0.490 e. The summed E-state index contributed by atoms with van der Waals surface area (Å²) < 4.78 is 22.0. The molecule has 0 spiro atoms. The van der Waals surface area contributed by atoms with Crippen LogP contribution in [0.3, 0.4) is 0 Å². The van der Waals surface area contributed by atoms with Gasteiger partial charge in [-0.15, -0.1) is 0 Å². The summed E-state index contributed by atoms with van der Waals surface area (Å²) in [6.45, 7) is 7.54. The second-order valence-electron chi connectivity index (χ2n) is 6.14. The van der Waals surface area contributed by atoms with Crippen LogP contribution < -0.4 is 19.9 Å². The predicted octanol–water partition coefficient (Wildman–Crippen LogP) is 3.50. The molecular weight excluding hydrogens is 358 g/mol. The Bertz CT molecular complexity index is 745. The molecule has 152 valence electrons. The molecule has 6 nitrogen and oxygen atoms in total. The van der Waals surface area contributed by atoms with Crippen LogP contribution in [0.2, 0.25) is 0 Å². The molecule has 0 aliphatic heterocycles. The lowest BCUT2D eigenvalue weighted by Crippen LogP contribution is -2.34. The highest BCUT2D eigenvalue weighted by atomic mass is 16.5. The molecule has 0 amide bonds. The Labute approximate surface area is 166 Å². The molecule has 0 aliphatic rings. The van der Waals surface area contributed by atoms with Gasteiger partial charge in [-0.05, 0) is 62.6 Å². The van der Waals surface area contributed by atoms with Crippen LogP contribution >= 0.6 is 0 Å². The number of carbonyl (C=O) groups is 1. The summed E-state index contributed by atoms with van der Waals surface area (Å²) in [5.74, 6) is 1.80. The quantitative estimate of drug-likeness (QED) is 0.595. The van der Waals surface area contributed by atoms with Crippen molar-refractivity contribution < 1.29 is 23.7 Å². The van der Waals surface area contributed by atoms with Crippen LogP contribution in [0, 0.1) is 0 Å². The number of benzene rings is 2. The fourth-order valence-electron chi connectivity index (χ4n) is 2.66. The molecule has 2 aromatic carbocycles. The number of esters is 1. The lowest BCUT2D eigenvalue weighted by Gasteiger charge is -2.13. The van der Waals surface area contributed by atoms with E-state index in [0.29, 0.717) is 38.6 Å². The van der Waals surface area contributed by atoms with Gasteiger partial charge in [0.1, 0.15) is 18.4 Å². The summed E-state index contributed by atoms with van der Waals surface area (Å²) in [6, 6.07) is 12.7. The number of hydrogen-bond acceptors (Lipinski definition) is 6. The van der Waals surface area contributed by atoms with Crippen LogP contribution in [0.25, 0.3) is 0 Å². The Kier molecular flexibility index (Phi) is 8.62. The zero-order valence-corrected chi connectivity index (χ0v) is 16.8. The van der Waals surface area contributed by atoms with Crippen molar-refractivity contribution in [1.29, 1.82) is 0 Å². The molecule has 1 atom stereocenters. The van der Waals surface area contributed by atoms with Crippen molar-refractivity contribution in [1.82, 2.24) is 0 Å². The fraction of sp³-hybridized carbons (Fsp3) is 0.409. The molecule has 1 unspecified atom stereocenters. The van der Waals surface area contributed by atoms with Crippen molar-refractivity contribution in [3.63, 3.8) is 0 Å². The zero-order valence-electron chi connectivity index (χ0n) is 16.8. The highest BCUT2D eigenvalue weighted by Gasteiger charge is 2.15. The van der Waals surface area contributed by atoms with Gasteiger partial charge in [-0.1, -0.05) is 18.2 Å². The molecule has 0 aromatic heterocycles. The highest BCUT2D eigenvalue weighted by molar-refractivity contribution is 5.75. The van der Waals surface area contributed by atoms with Crippen LogP contribution in [0.5, 0.6) is 17.2 Å². The van der Waals surface area contributed by atoms with Crippen LogP contribution in [0.1, 0.15) is 31.9 Å². The first-order chi connectivity index (χ1) is 13.6. The van der Waals surface area contributed by atoms with Gasteiger partial charge in [0.2, 0.25) is 0 Å². The molecule has 2 N–H and O–H groups in total. The Morgan fingerprint density at radius 2 is 1.50 bits per heavy atom. The third-order valence-corrected chi connectivity index (χ3v) is 3.98. The average Bonchev–Trinajstić information content (AvgIpc) is 2.69. The molecular formula is C22H29NO5. The first-order valence-corrected chi connectivity index (χ1v) is 9.59. The van der Waals surface area contributed by atoms with Gasteiger partial charge in [0.05, 0.1) is 19.8 Å². The Balaban J connectivity index is 1.94. The van der Waals surface area contributed by atoms with Crippen LogP contribution in [-0.4, -0.2) is 31.8 Å². The molecule has 2 rings (SSSR count). The minimum atomic E-state index is -0.660. The Morgan fingerprint density at radius 3 is 2.14 bits per heavy atom. The SMILES string of the molecule is CCOC(=O)C(N)Cc1ccc(OCc2ccc(OCC)c(OCC)c2)cc1. The largest absolute Gasteiger partial charge is 0.490 e. The van der Waals surface area contributed by atoms with Crippen molar-refractivity contribution in [2.45, 2.75) is 39.8 Å². The summed E-state index contributed by atoms with van der Waals surface area (Å²) in [5.41, 5.74) is 7.79. The van der Waals surface area contributed by atoms with E-state index in [1.165, 1.54) is 0 Å². The first-order valence-electron chi connectivity index (χ1n) is 9.59. The molecule has 2 aromatic rings. The topological polar surface area (TPSA) is 80.0 Å². The van der Waals surface area contributed by atoms with Crippen molar-refractivity contribution >= 4 is 5.97 Å². The zero-order chi connectivity index (χ0) is 20.4. The number of ether oxygens (including phenoxy) is 4. The second-order valence-corrected chi connectivity index (χ2v) is 6.14. The van der Waals surface area contributed by atoms with Crippen molar-refractivity contribution in [3.8, 4) is 17.2 Å². The molecule has 0 saturated heterocycles. The van der Waals surface area contributed by atoms with Crippen LogP contribution in [0.15, 0.2) is 42.5 Å². The maximum atomic E-state index is 11.6. The second kappa shape index (κ2) is 11.2. The summed E-state index contributed by atoms with van der Waals surface area (Å²) in [7, 11) is 0. The number of hydrogen-bond donors (Lipinski definition) is 1. The van der Waals surface area contributed by atoms with E-state index in [9.17, 15) is 4.79 Å². The Morgan fingerprint density at radius 1 is 0.857 bits per heavy atom. The molecule has 28 heavy (non-hydrogen) atoms. The van der Waals surface area contributed by atoms with Crippen LogP contribution in [-0.2, 0) is 22.6 Å². The fourth-order valence-corrected chi connectivity index (χ4v) is 2.66. The van der Waals surface area contributed by atoms with E-state index >= 15 is 0 Å². The van der Waals surface area contributed by atoms with Gasteiger partial charge < -0.3 is 24.7 Å². The lowest BCUT2D eigenvalue weighted by atomic mass is 10.1. The molecule has 0 fully saturated rings. The van der Waals surface area contributed by atoms with Crippen molar-refractivity contribution in [3.05, 3.63) is 53.6 Å². The molecule has 6 heteroatoms. The molecule has 0 heterocycles. The van der Waals surface area contributed by atoms with Gasteiger partial charge in [0.15, 0.2) is 11.5 Å². The third kappa shape index (κ3) is 6.46. The lowest BCUT2D eigenvalue weighted by molar-refractivity contribution is -0.144. The van der Waals surface area contributed by atoms with E-state index in [-0.39, 0.29) is 5.97 Å². The van der Waals surface area contributed by atoms with Gasteiger partial charge in [0, 0.05) is 0 Å². The van der Waals surface area contributed by atoms with Crippen molar-refractivity contribution in [2.75, 3.05) is 19.8 Å². The van der Waals surface area contributed by atoms with Gasteiger partial charge in [-0.25, -0.2) is 0 Å². The summed E-state index contributed by atoms with van der Waals surface area (Å²) in [6.07, 6.45) is 0.426. The highest BCUT2D eigenvalue weighted by Crippen LogP contribution is 2.29. The van der Waals surface area contributed by atoms with Gasteiger partial charge in [-0.3, -0.25) is 4.79 Å². The monoisotopic (exact) mass is 387 g/mol. The normalized spacial score (nSPS) is 11.6. The maximum Gasteiger partial charge on any atom is 0.323 e. The van der Waals surface area contributed by atoms with Crippen LogP contribution in [0.4, 0.5) is 0 Å². The van der Waals surface area contributed by atoms with E-state index in [1.54, 1.807) is 6.92 Å². The number of nitrogens with two attached hydrogens (primary N) is 1. The Hall–Kier alpha value is -2.73. The maximum absolute atomic E-state index is 11.6. The molecule has 0 radical (unpaired) electrons. The molecule has 0 saturated carbocycles. The van der Waals surface area contributed by atoms with E-state index in [2.05, 4.69) is 0 Å². The first kappa shape index (κ1) is 21.6. The third-order valence-electron chi connectivity index (χ3n) is 3.98. The molecule has 0 aliphatic carbocycles. The van der Waals surface area contributed by atoms with Gasteiger partial charge >= 0.3 is 5.97 Å². The predicted molar refractivity (Wildman–Crippen MR) is 108 cm³/mol. The van der Waals surface area contributed by atoms with E-state index in [1.807, 2.05) is 56.3 Å². The van der Waals surface area contributed by atoms with Gasteiger partial charge in [-0.2, -0.15) is 0 Å². The number of carbonyl (C=O) groups excluding carboxylic acids is 1. The van der Waals surface area contributed by atoms with E-state index in [0.717, 1.165) is 22.6 Å². The summed E-state index contributed by atoms with van der Waals surface area (Å²) in [5, 5.41) is 0. The van der Waals surface area contributed by atoms with Crippen molar-refractivity contribution in [2.24, 2.45) is 5.73 Å². The summed E-state index contributed by atoms with van der Waals surface area (Å²) >= 11 is 0. The van der Waals surface area contributed by atoms with E-state index < -0.39 is 6.04 Å². The summed E-state index contributed by atoms with van der Waals surface area (Å²) in [4.78, 5) is 11.6. The van der Waals surface area contributed by atoms with E-state index in [4.69, 9.17) is 24.7 Å². The minimum absolute atomic E-state index is 0.329. The standard InChI is InChI=1S/C22H29NO5/c1-4-25-20-12-9-17(14-21(20)26-5-2)15-28-18-10-7-16(8-11-18)13-19(23)22(24)27-6-3/h7-12,14,19H,4-6,13,15,23H2,1-3H3. The molecule has 0 bridgehead atoms.